The highest BCUT2D eigenvalue weighted by molar-refractivity contribution is 7.98. The van der Waals surface area contributed by atoms with Crippen LogP contribution < -0.4 is 5.32 Å². The molecule has 3 heteroatoms. The summed E-state index contributed by atoms with van der Waals surface area (Å²) in [5.74, 6) is 1.83. The van der Waals surface area contributed by atoms with Gasteiger partial charge in [-0.2, -0.15) is 17.0 Å². The number of rotatable bonds is 5. The molecule has 0 aromatic heterocycles. The first-order chi connectivity index (χ1) is 7.26. The number of thioether (sulfide) groups is 1. The van der Waals surface area contributed by atoms with Gasteiger partial charge in [0.1, 0.15) is 0 Å². The van der Waals surface area contributed by atoms with E-state index in [9.17, 15) is 0 Å². The summed E-state index contributed by atoms with van der Waals surface area (Å²) in [5, 5.41) is 12.0. The van der Waals surface area contributed by atoms with Gasteiger partial charge in [-0.15, -0.1) is 0 Å². The standard InChI is InChI=1S/C12H16N2S/c1-10(9-15-2)8-14-12-5-3-11(7-13)4-6-12/h3-6,10,14H,8-9H2,1-2H3. The molecule has 0 bridgehead atoms. The minimum Gasteiger partial charge on any atom is -0.385 e. The molecule has 0 aliphatic heterocycles. The van der Waals surface area contributed by atoms with Gasteiger partial charge in [0, 0.05) is 12.2 Å². The minimum absolute atomic E-state index is 0.663. The third kappa shape index (κ3) is 4.26. The Morgan fingerprint density at radius 3 is 2.60 bits per heavy atom. The first-order valence-electron chi connectivity index (χ1n) is 4.99. The second-order valence-corrected chi connectivity index (χ2v) is 4.54. The quantitative estimate of drug-likeness (QED) is 0.828. The molecule has 1 rings (SSSR count). The molecule has 0 saturated carbocycles. The summed E-state index contributed by atoms with van der Waals surface area (Å²) < 4.78 is 0. The van der Waals surface area contributed by atoms with Crippen LogP contribution in [-0.2, 0) is 0 Å². The first kappa shape index (κ1) is 11.9. The fraction of sp³-hybridized carbons (Fsp3) is 0.417. The average molecular weight is 220 g/mol. The zero-order valence-electron chi connectivity index (χ0n) is 9.16. The normalized spacial score (nSPS) is 11.8. The van der Waals surface area contributed by atoms with E-state index in [2.05, 4.69) is 24.6 Å². The molecule has 1 atom stereocenters. The summed E-state index contributed by atoms with van der Waals surface area (Å²) in [7, 11) is 0. The summed E-state index contributed by atoms with van der Waals surface area (Å²) in [6.07, 6.45) is 2.12. The molecule has 15 heavy (non-hydrogen) atoms. The van der Waals surface area contributed by atoms with Gasteiger partial charge in [0.15, 0.2) is 0 Å². The van der Waals surface area contributed by atoms with Crippen molar-refractivity contribution >= 4 is 17.4 Å². The lowest BCUT2D eigenvalue weighted by Gasteiger charge is -2.12. The number of nitriles is 1. The number of hydrogen-bond acceptors (Lipinski definition) is 3. The van der Waals surface area contributed by atoms with Gasteiger partial charge in [-0.25, -0.2) is 0 Å². The first-order valence-corrected chi connectivity index (χ1v) is 6.38. The highest BCUT2D eigenvalue weighted by Gasteiger charge is 2.00. The number of anilines is 1. The van der Waals surface area contributed by atoms with Gasteiger partial charge >= 0.3 is 0 Å². The molecule has 80 valence electrons. The van der Waals surface area contributed by atoms with E-state index >= 15 is 0 Å². The van der Waals surface area contributed by atoms with E-state index in [1.165, 1.54) is 5.75 Å². The molecular weight excluding hydrogens is 204 g/mol. The van der Waals surface area contributed by atoms with Crippen LogP contribution in [-0.4, -0.2) is 18.6 Å². The number of benzene rings is 1. The van der Waals surface area contributed by atoms with E-state index < -0.39 is 0 Å². The number of nitrogens with one attached hydrogen (secondary N) is 1. The summed E-state index contributed by atoms with van der Waals surface area (Å²) in [5.41, 5.74) is 1.79. The third-order valence-electron chi connectivity index (χ3n) is 2.12. The van der Waals surface area contributed by atoms with Crippen molar-refractivity contribution in [1.82, 2.24) is 0 Å². The summed E-state index contributed by atoms with van der Waals surface area (Å²) in [6, 6.07) is 9.68. The topological polar surface area (TPSA) is 35.8 Å². The summed E-state index contributed by atoms with van der Waals surface area (Å²) in [6.45, 7) is 3.21. The zero-order valence-corrected chi connectivity index (χ0v) is 9.97. The Hall–Kier alpha value is -1.14. The van der Waals surface area contributed by atoms with Crippen molar-refractivity contribution in [2.75, 3.05) is 23.9 Å². The molecule has 1 aromatic carbocycles. The molecule has 0 spiro atoms. The van der Waals surface area contributed by atoms with Gasteiger partial charge in [0.2, 0.25) is 0 Å². The summed E-state index contributed by atoms with van der Waals surface area (Å²) >= 11 is 1.87. The van der Waals surface area contributed by atoms with Gasteiger partial charge in [0.05, 0.1) is 11.6 Å². The van der Waals surface area contributed by atoms with Crippen molar-refractivity contribution in [3.8, 4) is 6.07 Å². The molecule has 0 radical (unpaired) electrons. The van der Waals surface area contributed by atoms with Crippen LogP contribution >= 0.6 is 11.8 Å². The Bertz CT molecular complexity index is 326. The van der Waals surface area contributed by atoms with E-state index in [0.29, 0.717) is 11.5 Å². The van der Waals surface area contributed by atoms with Crippen LogP contribution in [0.25, 0.3) is 0 Å². The van der Waals surface area contributed by atoms with Crippen molar-refractivity contribution in [2.45, 2.75) is 6.92 Å². The fourth-order valence-electron chi connectivity index (χ4n) is 1.30. The maximum absolute atomic E-state index is 8.64. The van der Waals surface area contributed by atoms with Crippen molar-refractivity contribution in [3.05, 3.63) is 29.8 Å². The predicted octanol–water partition coefficient (Wildman–Crippen LogP) is 2.97. The minimum atomic E-state index is 0.663. The van der Waals surface area contributed by atoms with Crippen LogP contribution in [0.15, 0.2) is 24.3 Å². The Morgan fingerprint density at radius 1 is 1.40 bits per heavy atom. The summed E-state index contributed by atoms with van der Waals surface area (Å²) in [4.78, 5) is 0. The molecular formula is C12H16N2S. The molecule has 0 aliphatic carbocycles. The maximum Gasteiger partial charge on any atom is 0.0991 e. The van der Waals surface area contributed by atoms with Gasteiger partial charge in [-0.3, -0.25) is 0 Å². The second kappa shape index (κ2) is 6.36. The molecule has 1 N–H and O–H groups in total. The highest BCUT2D eigenvalue weighted by atomic mass is 32.2. The molecule has 2 nitrogen and oxygen atoms in total. The van der Waals surface area contributed by atoms with Gasteiger partial charge in [-0.1, -0.05) is 6.92 Å². The molecule has 0 saturated heterocycles. The van der Waals surface area contributed by atoms with Crippen LogP contribution in [0.3, 0.4) is 0 Å². The van der Waals surface area contributed by atoms with Crippen LogP contribution in [0.5, 0.6) is 0 Å². The van der Waals surface area contributed by atoms with Gasteiger partial charge in [0.25, 0.3) is 0 Å². The Balaban J connectivity index is 2.41. The van der Waals surface area contributed by atoms with Crippen LogP contribution in [0.1, 0.15) is 12.5 Å². The highest BCUT2D eigenvalue weighted by Crippen LogP contribution is 2.11. The lowest BCUT2D eigenvalue weighted by atomic mass is 10.2. The van der Waals surface area contributed by atoms with Crippen LogP contribution in [0.2, 0.25) is 0 Å². The Kier molecular flexibility index (Phi) is 5.06. The maximum atomic E-state index is 8.64. The smallest absolute Gasteiger partial charge is 0.0991 e. The van der Waals surface area contributed by atoms with Gasteiger partial charge < -0.3 is 5.32 Å². The van der Waals surface area contributed by atoms with Crippen LogP contribution in [0.4, 0.5) is 5.69 Å². The SMILES string of the molecule is CSCC(C)CNc1ccc(C#N)cc1. The fourth-order valence-corrected chi connectivity index (χ4v) is 1.99. The molecule has 1 aromatic rings. The zero-order chi connectivity index (χ0) is 11.1. The van der Waals surface area contributed by atoms with Crippen molar-refractivity contribution in [3.63, 3.8) is 0 Å². The lowest BCUT2D eigenvalue weighted by molar-refractivity contribution is 0.701. The molecule has 0 heterocycles. The van der Waals surface area contributed by atoms with Crippen molar-refractivity contribution < 1.29 is 0 Å². The monoisotopic (exact) mass is 220 g/mol. The molecule has 0 aliphatic rings. The lowest BCUT2D eigenvalue weighted by Crippen LogP contribution is -2.13. The van der Waals surface area contributed by atoms with E-state index in [-0.39, 0.29) is 0 Å². The van der Waals surface area contributed by atoms with E-state index in [1.54, 1.807) is 0 Å². The van der Waals surface area contributed by atoms with E-state index in [1.807, 2.05) is 36.0 Å². The molecule has 1 unspecified atom stereocenters. The van der Waals surface area contributed by atoms with E-state index in [0.717, 1.165) is 12.2 Å². The number of nitrogens with zero attached hydrogens (tertiary/aromatic N) is 1. The van der Waals surface area contributed by atoms with Gasteiger partial charge in [-0.05, 0) is 42.2 Å². The van der Waals surface area contributed by atoms with E-state index in [4.69, 9.17) is 5.26 Å². The molecule has 0 amide bonds. The average Bonchev–Trinajstić information content (AvgIpc) is 2.27. The van der Waals surface area contributed by atoms with Crippen molar-refractivity contribution in [2.24, 2.45) is 5.92 Å². The second-order valence-electron chi connectivity index (χ2n) is 3.63. The Morgan fingerprint density at radius 2 is 2.07 bits per heavy atom. The third-order valence-corrected chi connectivity index (χ3v) is 3.02. The number of hydrogen-bond donors (Lipinski definition) is 1. The van der Waals surface area contributed by atoms with Crippen LogP contribution in [0, 0.1) is 17.2 Å². The predicted molar refractivity (Wildman–Crippen MR) is 67.2 cm³/mol. The van der Waals surface area contributed by atoms with Crippen molar-refractivity contribution in [1.29, 1.82) is 5.26 Å². The Labute approximate surface area is 95.7 Å². The molecule has 0 fully saturated rings. The largest absolute Gasteiger partial charge is 0.385 e.